The van der Waals surface area contributed by atoms with Crippen LogP contribution in [0.2, 0.25) is 0 Å². The number of rotatable bonds is 3. The molecule has 0 radical (unpaired) electrons. The first-order chi connectivity index (χ1) is 12.3. The number of carbonyl (C=O) groups excluding carboxylic acids is 1. The summed E-state index contributed by atoms with van der Waals surface area (Å²) in [5.41, 5.74) is 0.410. The van der Waals surface area contributed by atoms with Crippen molar-refractivity contribution in [1.82, 2.24) is 4.31 Å². The van der Waals surface area contributed by atoms with Crippen molar-refractivity contribution in [2.45, 2.75) is 24.8 Å². The molecule has 136 valence electrons. The van der Waals surface area contributed by atoms with Gasteiger partial charge < -0.3 is 9.84 Å². The highest BCUT2D eigenvalue weighted by molar-refractivity contribution is 7.89. The molecule has 3 rings (SSSR count). The zero-order valence-corrected chi connectivity index (χ0v) is 15.4. The number of aromatic hydroxyl groups is 1. The van der Waals surface area contributed by atoms with E-state index in [0.717, 1.165) is 4.31 Å². The Kier molecular flexibility index (Phi) is 4.50. The minimum Gasteiger partial charge on any atom is -0.504 e. The summed E-state index contributed by atoms with van der Waals surface area (Å²) in [6, 6.07) is 10.5. The lowest BCUT2D eigenvalue weighted by Crippen LogP contribution is -2.43. The molecule has 0 fully saturated rings. The Morgan fingerprint density at radius 1 is 1.12 bits per heavy atom. The fourth-order valence-electron chi connectivity index (χ4n) is 3.01. The quantitative estimate of drug-likeness (QED) is 0.836. The van der Waals surface area contributed by atoms with Crippen molar-refractivity contribution in [3.63, 3.8) is 0 Å². The van der Waals surface area contributed by atoms with Crippen molar-refractivity contribution in [2.75, 3.05) is 7.11 Å². The van der Waals surface area contributed by atoms with Gasteiger partial charge in [0.25, 0.3) is 10.0 Å². The molecule has 0 saturated carbocycles. The monoisotopic (exact) mass is 373 g/mol. The van der Waals surface area contributed by atoms with E-state index >= 15 is 0 Å². The van der Waals surface area contributed by atoms with E-state index in [9.17, 15) is 18.3 Å². The molecule has 0 spiro atoms. The summed E-state index contributed by atoms with van der Waals surface area (Å²) in [4.78, 5) is 13.0. The van der Waals surface area contributed by atoms with E-state index in [1.165, 1.54) is 25.3 Å². The molecule has 6 nitrogen and oxygen atoms in total. The number of sulfonamides is 1. The number of hydrogen-bond donors (Lipinski definition) is 1. The molecule has 0 bridgehead atoms. The maximum atomic E-state index is 13.0. The molecule has 2 aromatic rings. The first-order valence-corrected chi connectivity index (χ1v) is 9.49. The van der Waals surface area contributed by atoms with Crippen LogP contribution < -0.4 is 4.74 Å². The van der Waals surface area contributed by atoms with Crippen LogP contribution in [0.15, 0.2) is 53.1 Å². The van der Waals surface area contributed by atoms with Crippen molar-refractivity contribution in [3.05, 3.63) is 59.3 Å². The second-order valence-corrected chi connectivity index (χ2v) is 7.93. The maximum absolute atomic E-state index is 13.0. The van der Waals surface area contributed by atoms with E-state index in [4.69, 9.17) is 4.74 Å². The van der Waals surface area contributed by atoms with E-state index in [1.54, 1.807) is 44.2 Å². The van der Waals surface area contributed by atoms with E-state index < -0.39 is 21.8 Å². The predicted octanol–water partition coefficient (Wildman–Crippen LogP) is 3.04. The molecule has 7 heteroatoms. The van der Waals surface area contributed by atoms with Crippen LogP contribution in [-0.4, -0.2) is 36.8 Å². The Bertz CT molecular complexity index is 1010. The highest BCUT2D eigenvalue weighted by atomic mass is 32.2. The summed E-state index contributed by atoms with van der Waals surface area (Å²) in [5, 5.41) is 10.3. The lowest BCUT2D eigenvalue weighted by molar-refractivity contribution is 0.0996. The average Bonchev–Trinajstić information content (AvgIpc) is 2.60. The number of carbonyl (C=O) groups is 1. The summed E-state index contributed by atoms with van der Waals surface area (Å²) < 4.78 is 32.3. The Morgan fingerprint density at radius 3 is 2.46 bits per heavy atom. The summed E-state index contributed by atoms with van der Waals surface area (Å²) in [7, 11) is -2.47. The lowest BCUT2D eigenvalue weighted by Gasteiger charge is -2.34. The number of benzene rings is 2. The van der Waals surface area contributed by atoms with Gasteiger partial charge in [0, 0.05) is 17.2 Å². The van der Waals surface area contributed by atoms with Crippen LogP contribution in [-0.2, 0) is 10.0 Å². The van der Waals surface area contributed by atoms with E-state index in [1.807, 2.05) is 0 Å². The third-order valence-corrected chi connectivity index (χ3v) is 6.20. The molecule has 1 aliphatic heterocycles. The zero-order valence-electron chi connectivity index (χ0n) is 14.6. The largest absolute Gasteiger partial charge is 0.504 e. The van der Waals surface area contributed by atoms with Gasteiger partial charge >= 0.3 is 0 Å². The number of ketones is 1. The minimum atomic E-state index is -3.88. The second kappa shape index (κ2) is 6.49. The predicted molar refractivity (Wildman–Crippen MR) is 97.6 cm³/mol. The van der Waals surface area contributed by atoms with Crippen molar-refractivity contribution in [2.24, 2.45) is 0 Å². The lowest BCUT2D eigenvalue weighted by atomic mass is 10.0. The highest BCUT2D eigenvalue weighted by Gasteiger charge is 2.40. The van der Waals surface area contributed by atoms with Gasteiger partial charge in [-0.05, 0) is 38.1 Å². The fraction of sp³-hybridized carbons (Fsp3) is 0.211. The first kappa shape index (κ1) is 18.0. The Morgan fingerprint density at radius 2 is 1.81 bits per heavy atom. The van der Waals surface area contributed by atoms with Crippen LogP contribution in [0.5, 0.6) is 11.5 Å². The number of phenols is 1. The third-order valence-electron chi connectivity index (χ3n) is 4.15. The van der Waals surface area contributed by atoms with Gasteiger partial charge in [0.2, 0.25) is 5.78 Å². The molecule has 0 saturated heterocycles. The first-order valence-electron chi connectivity index (χ1n) is 8.05. The van der Waals surface area contributed by atoms with Crippen molar-refractivity contribution in [3.8, 4) is 11.5 Å². The normalized spacial score (nSPS) is 17.5. The average molecular weight is 373 g/mol. The number of para-hydroxylation sites is 1. The highest BCUT2D eigenvalue weighted by Crippen LogP contribution is 2.37. The standard InChI is InChI=1S/C19H19NO5S/c1-12(2)20-15(11-13-7-6-9-16(25-3)18(13)21)19(22)14-8-4-5-10-17(14)26(20,23)24/h4-12,21H,1-3H3/b15-11+. The van der Waals surface area contributed by atoms with Gasteiger partial charge in [-0.15, -0.1) is 0 Å². The topological polar surface area (TPSA) is 83.9 Å². The van der Waals surface area contributed by atoms with Crippen molar-refractivity contribution in [1.29, 1.82) is 0 Å². The number of nitrogens with zero attached hydrogens (tertiary/aromatic N) is 1. The van der Waals surface area contributed by atoms with Gasteiger partial charge in [-0.2, -0.15) is 0 Å². The third kappa shape index (κ3) is 2.74. The molecular weight excluding hydrogens is 354 g/mol. The van der Waals surface area contributed by atoms with E-state index in [2.05, 4.69) is 0 Å². The summed E-state index contributed by atoms with van der Waals surface area (Å²) in [5.74, 6) is -0.330. The van der Waals surface area contributed by atoms with Crippen LogP contribution in [0, 0.1) is 0 Å². The van der Waals surface area contributed by atoms with Crippen LogP contribution in [0.1, 0.15) is 29.8 Å². The number of ether oxygens (including phenoxy) is 1. The second-order valence-electron chi connectivity index (χ2n) is 6.15. The molecule has 2 aromatic carbocycles. The maximum Gasteiger partial charge on any atom is 0.265 e. The molecule has 0 aromatic heterocycles. The van der Waals surface area contributed by atoms with Gasteiger partial charge in [-0.3, -0.25) is 9.10 Å². The molecule has 0 unspecified atom stereocenters. The summed E-state index contributed by atoms with van der Waals surface area (Å²) >= 11 is 0. The Labute approximate surface area is 152 Å². The number of fused-ring (bicyclic) bond motifs is 1. The van der Waals surface area contributed by atoms with E-state index in [0.29, 0.717) is 5.56 Å². The molecular formula is C19H19NO5S. The summed E-state index contributed by atoms with van der Waals surface area (Å²) in [6.07, 6.45) is 1.38. The van der Waals surface area contributed by atoms with Crippen LogP contribution >= 0.6 is 0 Å². The molecule has 1 N–H and O–H groups in total. The Balaban J connectivity index is 2.28. The zero-order chi connectivity index (χ0) is 19.1. The number of phenolic OH excluding ortho intramolecular Hbond substituents is 1. The summed E-state index contributed by atoms with van der Waals surface area (Å²) in [6.45, 7) is 3.38. The molecule has 1 aliphatic rings. The van der Waals surface area contributed by atoms with Gasteiger partial charge in [0.15, 0.2) is 11.5 Å². The SMILES string of the molecule is COc1cccc(/C=C2\C(=O)c3ccccc3S(=O)(=O)N2C(C)C)c1O. The van der Waals surface area contributed by atoms with Crippen LogP contribution in [0.3, 0.4) is 0 Å². The van der Waals surface area contributed by atoms with Crippen molar-refractivity contribution < 1.29 is 23.1 Å². The minimum absolute atomic E-state index is 0.00860. The fourth-order valence-corrected chi connectivity index (χ4v) is 4.86. The Hall–Kier alpha value is -2.80. The molecule has 1 heterocycles. The van der Waals surface area contributed by atoms with Gasteiger partial charge in [0.1, 0.15) is 5.70 Å². The van der Waals surface area contributed by atoms with Crippen LogP contribution in [0.25, 0.3) is 6.08 Å². The van der Waals surface area contributed by atoms with Crippen molar-refractivity contribution >= 4 is 21.9 Å². The number of hydrogen-bond acceptors (Lipinski definition) is 5. The van der Waals surface area contributed by atoms with Gasteiger partial charge in [-0.25, -0.2) is 8.42 Å². The molecule has 0 aliphatic carbocycles. The van der Waals surface area contributed by atoms with Gasteiger partial charge in [0.05, 0.1) is 12.0 Å². The van der Waals surface area contributed by atoms with Gasteiger partial charge in [-0.1, -0.05) is 24.3 Å². The van der Waals surface area contributed by atoms with Crippen LogP contribution in [0.4, 0.5) is 0 Å². The van der Waals surface area contributed by atoms with E-state index in [-0.39, 0.29) is 27.7 Å². The molecule has 26 heavy (non-hydrogen) atoms. The number of Topliss-reactive ketones (excluding diaryl/α,β-unsaturated/α-hetero) is 1. The number of allylic oxidation sites excluding steroid dienone is 1. The smallest absolute Gasteiger partial charge is 0.265 e. The molecule has 0 atom stereocenters. The number of methoxy groups -OCH3 is 1. The molecule has 0 amide bonds.